The molecule has 0 aliphatic carbocycles. The van der Waals surface area contributed by atoms with Crippen molar-refractivity contribution in [2.24, 2.45) is 0 Å². The second kappa shape index (κ2) is 7.34. The van der Waals surface area contributed by atoms with Crippen LogP contribution in [0.4, 0.5) is 0 Å². The molecule has 1 aromatic rings. The fraction of sp³-hybridized carbons (Fsp3) is 0.667. The third-order valence-corrected chi connectivity index (χ3v) is 3.20. The summed E-state index contributed by atoms with van der Waals surface area (Å²) in [5.41, 5.74) is 0. The zero-order valence-electron chi connectivity index (χ0n) is 12.8. The Morgan fingerprint density at radius 1 is 1.37 bits per heavy atom. The first-order valence-corrected chi connectivity index (χ1v) is 6.93. The summed E-state index contributed by atoms with van der Waals surface area (Å²) in [7, 11) is 4.06. The number of furan rings is 1. The van der Waals surface area contributed by atoms with Gasteiger partial charge < -0.3 is 14.2 Å². The highest BCUT2D eigenvalue weighted by Gasteiger charge is 2.19. The smallest absolute Gasteiger partial charge is 0.223 e. The van der Waals surface area contributed by atoms with Crippen LogP contribution < -0.4 is 0 Å². The molecular formula is C15H26N2O2. The van der Waals surface area contributed by atoms with E-state index in [9.17, 15) is 4.79 Å². The molecule has 4 nitrogen and oxygen atoms in total. The van der Waals surface area contributed by atoms with Gasteiger partial charge in [0, 0.05) is 32.0 Å². The molecule has 1 heterocycles. The predicted octanol–water partition coefficient (Wildman–Crippen LogP) is 2.32. The molecule has 108 valence electrons. The van der Waals surface area contributed by atoms with E-state index in [0.717, 1.165) is 24.6 Å². The molecule has 0 unspecified atom stereocenters. The molecule has 1 amide bonds. The van der Waals surface area contributed by atoms with Crippen LogP contribution in [0.2, 0.25) is 0 Å². The van der Waals surface area contributed by atoms with E-state index in [1.165, 1.54) is 0 Å². The van der Waals surface area contributed by atoms with Gasteiger partial charge in [-0.25, -0.2) is 0 Å². The summed E-state index contributed by atoms with van der Waals surface area (Å²) in [6, 6.07) is 4.12. The van der Waals surface area contributed by atoms with Gasteiger partial charge in [-0.1, -0.05) is 0 Å². The van der Waals surface area contributed by atoms with Crippen LogP contribution in [-0.4, -0.2) is 48.9 Å². The van der Waals surface area contributed by atoms with Crippen molar-refractivity contribution in [1.29, 1.82) is 0 Å². The first-order valence-electron chi connectivity index (χ1n) is 6.93. The van der Waals surface area contributed by atoms with Crippen LogP contribution in [0.15, 0.2) is 16.5 Å². The summed E-state index contributed by atoms with van der Waals surface area (Å²) in [5.74, 6) is 1.99. The summed E-state index contributed by atoms with van der Waals surface area (Å²) in [6.45, 7) is 7.69. The third kappa shape index (κ3) is 5.07. The maximum absolute atomic E-state index is 12.2. The second-order valence-electron chi connectivity index (χ2n) is 5.30. The minimum Gasteiger partial charge on any atom is -0.466 e. The fourth-order valence-electron chi connectivity index (χ4n) is 2.35. The fourth-order valence-corrected chi connectivity index (χ4v) is 2.35. The Balaban J connectivity index is 2.49. The molecule has 0 saturated heterocycles. The van der Waals surface area contributed by atoms with Crippen LogP contribution >= 0.6 is 0 Å². The van der Waals surface area contributed by atoms with Gasteiger partial charge in [-0.3, -0.25) is 4.79 Å². The first kappa shape index (κ1) is 15.8. The maximum atomic E-state index is 12.2. The van der Waals surface area contributed by atoms with Crippen LogP contribution in [0.25, 0.3) is 0 Å². The molecule has 0 spiro atoms. The molecular weight excluding hydrogens is 240 g/mol. The molecule has 0 bridgehead atoms. The number of rotatable bonds is 7. The number of hydrogen-bond acceptors (Lipinski definition) is 3. The molecule has 1 aromatic heterocycles. The summed E-state index contributed by atoms with van der Waals surface area (Å²) in [5, 5.41) is 0. The number of aryl methyl sites for hydroxylation is 2. The molecule has 1 atom stereocenters. The molecule has 0 aliphatic rings. The van der Waals surface area contributed by atoms with Gasteiger partial charge >= 0.3 is 0 Å². The lowest BCUT2D eigenvalue weighted by Crippen LogP contribution is -2.43. The molecule has 1 rings (SSSR count). The second-order valence-corrected chi connectivity index (χ2v) is 5.30. The monoisotopic (exact) mass is 266 g/mol. The molecule has 0 saturated carbocycles. The Bertz CT molecular complexity index is 399. The minimum absolute atomic E-state index is 0.200. The molecule has 0 aromatic carbocycles. The largest absolute Gasteiger partial charge is 0.466 e. The van der Waals surface area contributed by atoms with Gasteiger partial charge in [0.05, 0.1) is 0 Å². The van der Waals surface area contributed by atoms with Crippen LogP contribution in [-0.2, 0) is 11.2 Å². The van der Waals surface area contributed by atoms with Gasteiger partial charge in [-0.15, -0.1) is 0 Å². The van der Waals surface area contributed by atoms with E-state index in [-0.39, 0.29) is 11.9 Å². The lowest BCUT2D eigenvalue weighted by Gasteiger charge is -2.30. The lowest BCUT2D eigenvalue weighted by atomic mass is 10.2. The minimum atomic E-state index is 0.200. The summed E-state index contributed by atoms with van der Waals surface area (Å²) >= 11 is 0. The molecule has 0 radical (unpaired) electrons. The highest BCUT2D eigenvalue weighted by atomic mass is 16.3. The van der Waals surface area contributed by atoms with E-state index in [1.54, 1.807) is 0 Å². The topological polar surface area (TPSA) is 36.7 Å². The van der Waals surface area contributed by atoms with Gasteiger partial charge in [0.2, 0.25) is 5.91 Å². The van der Waals surface area contributed by atoms with Gasteiger partial charge in [0.15, 0.2) is 0 Å². The molecule has 0 fully saturated rings. The van der Waals surface area contributed by atoms with Crippen molar-refractivity contribution >= 4 is 5.91 Å². The highest BCUT2D eigenvalue weighted by molar-refractivity contribution is 5.76. The third-order valence-electron chi connectivity index (χ3n) is 3.20. The van der Waals surface area contributed by atoms with Gasteiger partial charge in [-0.05, 0) is 47.0 Å². The molecule has 19 heavy (non-hydrogen) atoms. The van der Waals surface area contributed by atoms with E-state index in [0.29, 0.717) is 12.8 Å². The number of carbonyl (C=O) groups excluding carboxylic acids is 1. The van der Waals surface area contributed by atoms with E-state index in [1.807, 2.05) is 45.0 Å². The quantitative estimate of drug-likeness (QED) is 0.760. The van der Waals surface area contributed by atoms with E-state index < -0.39 is 0 Å². The van der Waals surface area contributed by atoms with Crippen LogP contribution in [0, 0.1) is 6.92 Å². The Kier molecular flexibility index (Phi) is 6.09. The number of nitrogens with zero attached hydrogens (tertiary/aromatic N) is 2. The van der Waals surface area contributed by atoms with E-state index in [2.05, 4.69) is 11.8 Å². The summed E-state index contributed by atoms with van der Waals surface area (Å²) in [6.07, 6.45) is 1.19. The van der Waals surface area contributed by atoms with Gasteiger partial charge in [-0.2, -0.15) is 0 Å². The average molecular weight is 266 g/mol. The van der Waals surface area contributed by atoms with Crippen molar-refractivity contribution in [1.82, 2.24) is 9.80 Å². The van der Waals surface area contributed by atoms with Gasteiger partial charge in [0.25, 0.3) is 0 Å². The molecule has 0 N–H and O–H groups in total. The Morgan fingerprint density at radius 3 is 2.53 bits per heavy atom. The molecule has 0 aliphatic heterocycles. The zero-order chi connectivity index (χ0) is 14.4. The Labute approximate surface area is 116 Å². The Morgan fingerprint density at radius 2 is 2.05 bits per heavy atom. The Hall–Kier alpha value is -1.29. The standard InChI is InChI=1S/C15H26N2O2/c1-6-17(12(2)11-16(4)5)15(18)10-9-14-8-7-13(3)19-14/h7-8,12H,6,9-11H2,1-5H3/t12-/m0/s1. The van der Waals surface area contributed by atoms with Crippen molar-refractivity contribution < 1.29 is 9.21 Å². The predicted molar refractivity (Wildman–Crippen MR) is 77.2 cm³/mol. The van der Waals surface area contributed by atoms with Crippen LogP contribution in [0.1, 0.15) is 31.8 Å². The van der Waals surface area contributed by atoms with E-state index >= 15 is 0 Å². The number of likely N-dealkylation sites (N-methyl/N-ethyl adjacent to an activating group) is 2. The maximum Gasteiger partial charge on any atom is 0.223 e. The highest BCUT2D eigenvalue weighted by Crippen LogP contribution is 2.11. The van der Waals surface area contributed by atoms with Crippen molar-refractivity contribution in [2.45, 2.75) is 39.7 Å². The number of amides is 1. The van der Waals surface area contributed by atoms with Crippen molar-refractivity contribution in [3.05, 3.63) is 23.7 Å². The molecule has 4 heteroatoms. The summed E-state index contributed by atoms with van der Waals surface area (Å²) < 4.78 is 5.49. The SMILES string of the molecule is CCN(C(=O)CCc1ccc(C)o1)[C@@H](C)CN(C)C. The van der Waals surface area contributed by atoms with Crippen molar-refractivity contribution in [3.63, 3.8) is 0 Å². The number of hydrogen-bond donors (Lipinski definition) is 0. The average Bonchev–Trinajstić information content (AvgIpc) is 2.72. The van der Waals surface area contributed by atoms with Crippen LogP contribution in [0.5, 0.6) is 0 Å². The normalized spacial score (nSPS) is 12.7. The van der Waals surface area contributed by atoms with E-state index in [4.69, 9.17) is 4.42 Å². The van der Waals surface area contributed by atoms with Crippen LogP contribution in [0.3, 0.4) is 0 Å². The van der Waals surface area contributed by atoms with Crippen molar-refractivity contribution in [2.75, 3.05) is 27.2 Å². The number of carbonyl (C=O) groups is 1. The van der Waals surface area contributed by atoms with Gasteiger partial charge in [0.1, 0.15) is 11.5 Å². The lowest BCUT2D eigenvalue weighted by molar-refractivity contribution is -0.133. The first-order chi connectivity index (χ1) is 8.93. The summed E-state index contributed by atoms with van der Waals surface area (Å²) in [4.78, 5) is 16.3. The van der Waals surface area contributed by atoms with Crippen molar-refractivity contribution in [3.8, 4) is 0 Å². The zero-order valence-corrected chi connectivity index (χ0v) is 12.8.